The van der Waals surface area contributed by atoms with Crippen LogP contribution in [0.15, 0.2) is 17.5 Å². The molecule has 0 aromatic carbocycles. The molecule has 1 aliphatic heterocycles. The van der Waals surface area contributed by atoms with Crippen LogP contribution >= 0.6 is 11.3 Å². The second-order valence-corrected chi connectivity index (χ2v) is 5.80. The van der Waals surface area contributed by atoms with Gasteiger partial charge in [0, 0.05) is 12.6 Å². The first kappa shape index (κ1) is 13.6. The lowest BCUT2D eigenvalue weighted by Crippen LogP contribution is -2.38. The zero-order valence-electron chi connectivity index (χ0n) is 10.9. The number of likely N-dealkylation sites (tertiary alicyclic amines) is 1. The SMILES string of the molecule is C[C@H]1CCCCN1CCCOC(=O)c1cccs1. The second kappa shape index (κ2) is 6.90. The molecule has 100 valence electrons. The van der Waals surface area contributed by atoms with E-state index in [-0.39, 0.29) is 5.97 Å². The van der Waals surface area contributed by atoms with Crippen molar-refractivity contribution in [2.24, 2.45) is 0 Å². The topological polar surface area (TPSA) is 29.5 Å². The standard InChI is InChI=1S/C14H21NO2S/c1-12-6-2-3-8-15(12)9-5-10-17-14(16)13-7-4-11-18-13/h4,7,11-12H,2-3,5-6,8-10H2,1H3/t12-/m0/s1. The maximum absolute atomic E-state index is 11.6. The highest BCUT2D eigenvalue weighted by Gasteiger charge is 2.17. The molecule has 0 spiro atoms. The van der Waals surface area contributed by atoms with Gasteiger partial charge in [-0.1, -0.05) is 12.5 Å². The van der Waals surface area contributed by atoms with Crippen molar-refractivity contribution < 1.29 is 9.53 Å². The molecule has 0 radical (unpaired) electrons. The molecule has 0 unspecified atom stereocenters. The zero-order valence-corrected chi connectivity index (χ0v) is 11.7. The number of carbonyl (C=O) groups excluding carboxylic acids is 1. The molecule has 3 nitrogen and oxygen atoms in total. The molecule has 1 aromatic rings. The number of piperidine rings is 1. The molecule has 0 amide bonds. The fourth-order valence-electron chi connectivity index (χ4n) is 2.39. The van der Waals surface area contributed by atoms with E-state index in [1.54, 1.807) is 6.07 Å². The summed E-state index contributed by atoms with van der Waals surface area (Å²) >= 11 is 1.43. The lowest BCUT2D eigenvalue weighted by molar-refractivity contribution is 0.0481. The summed E-state index contributed by atoms with van der Waals surface area (Å²) in [7, 11) is 0. The molecule has 1 aliphatic rings. The molecule has 0 N–H and O–H groups in total. The van der Waals surface area contributed by atoms with Crippen molar-refractivity contribution in [1.29, 1.82) is 0 Å². The van der Waals surface area contributed by atoms with Crippen LogP contribution in [-0.2, 0) is 4.74 Å². The number of hydrogen-bond acceptors (Lipinski definition) is 4. The smallest absolute Gasteiger partial charge is 0.348 e. The van der Waals surface area contributed by atoms with E-state index in [4.69, 9.17) is 4.74 Å². The number of hydrogen-bond donors (Lipinski definition) is 0. The number of ether oxygens (including phenoxy) is 1. The first-order valence-corrected chi connectivity index (χ1v) is 7.60. The minimum Gasteiger partial charge on any atom is -0.461 e. The lowest BCUT2D eigenvalue weighted by Gasteiger charge is -2.33. The summed E-state index contributed by atoms with van der Waals surface area (Å²) in [5, 5.41) is 1.89. The van der Waals surface area contributed by atoms with E-state index in [0.717, 1.165) is 13.0 Å². The van der Waals surface area contributed by atoms with Crippen LogP contribution in [0.4, 0.5) is 0 Å². The van der Waals surface area contributed by atoms with Gasteiger partial charge in [-0.3, -0.25) is 0 Å². The first-order valence-electron chi connectivity index (χ1n) is 6.72. The fourth-order valence-corrected chi connectivity index (χ4v) is 3.00. The normalized spacial score (nSPS) is 20.8. The lowest BCUT2D eigenvalue weighted by atomic mass is 10.0. The Kier molecular flexibility index (Phi) is 5.20. The van der Waals surface area contributed by atoms with Crippen LogP contribution in [0.2, 0.25) is 0 Å². The van der Waals surface area contributed by atoms with Gasteiger partial charge in [0.2, 0.25) is 0 Å². The molecule has 0 saturated carbocycles. The summed E-state index contributed by atoms with van der Waals surface area (Å²) < 4.78 is 5.26. The zero-order chi connectivity index (χ0) is 12.8. The van der Waals surface area contributed by atoms with E-state index in [0.29, 0.717) is 17.5 Å². The van der Waals surface area contributed by atoms with Crippen molar-refractivity contribution in [1.82, 2.24) is 4.90 Å². The van der Waals surface area contributed by atoms with Crippen LogP contribution < -0.4 is 0 Å². The molecule has 1 aromatic heterocycles. The summed E-state index contributed by atoms with van der Waals surface area (Å²) in [6.07, 6.45) is 4.89. The van der Waals surface area contributed by atoms with Crippen molar-refractivity contribution in [2.75, 3.05) is 19.7 Å². The van der Waals surface area contributed by atoms with Crippen LogP contribution in [0.5, 0.6) is 0 Å². The Balaban J connectivity index is 1.62. The Bertz CT molecular complexity index is 364. The van der Waals surface area contributed by atoms with Gasteiger partial charge in [0.1, 0.15) is 4.88 Å². The number of carbonyl (C=O) groups is 1. The van der Waals surface area contributed by atoms with Gasteiger partial charge in [-0.25, -0.2) is 4.79 Å². The van der Waals surface area contributed by atoms with Crippen LogP contribution in [-0.4, -0.2) is 36.6 Å². The molecular weight excluding hydrogens is 246 g/mol. The third kappa shape index (κ3) is 3.82. The van der Waals surface area contributed by atoms with E-state index in [1.807, 2.05) is 11.4 Å². The molecule has 0 bridgehead atoms. The molecule has 1 saturated heterocycles. The molecule has 2 rings (SSSR count). The number of esters is 1. The highest BCUT2D eigenvalue weighted by atomic mass is 32.1. The van der Waals surface area contributed by atoms with Gasteiger partial charge >= 0.3 is 5.97 Å². The maximum atomic E-state index is 11.6. The first-order chi connectivity index (χ1) is 8.77. The summed E-state index contributed by atoms with van der Waals surface area (Å²) in [5.74, 6) is -0.184. The molecule has 1 fully saturated rings. The van der Waals surface area contributed by atoms with Crippen LogP contribution in [0.1, 0.15) is 42.3 Å². The third-order valence-electron chi connectivity index (χ3n) is 3.49. The predicted molar refractivity (Wildman–Crippen MR) is 74.1 cm³/mol. The van der Waals surface area contributed by atoms with E-state index in [1.165, 1.54) is 37.1 Å². The van der Waals surface area contributed by atoms with Crippen molar-refractivity contribution in [3.8, 4) is 0 Å². The monoisotopic (exact) mass is 267 g/mol. The van der Waals surface area contributed by atoms with Gasteiger partial charge in [0.25, 0.3) is 0 Å². The van der Waals surface area contributed by atoms with Gasteiger partial charge in [-0.05, 0) is 44.2 Å². The Morgan fingerprint density at radius 2 is 2.44 bits per heavy atom. The second-order valence-electron chi connectivity index (χ2n) is 4.85. The van der Waals surface area contributed by atoms with Crippen molar-refractivity contribution in [2.45, 2.75) is 38.6 Å². The third-order valence-corrected chi connectivity index (χ3v) is 4.34. The highest BCUT2D eigenvalue weighted by Crippen LogP contribution is 2.16. The van der Waals surface area contributed by atoms with Gasteiger partial charge in [-0.2, -0.15) is 0 Å². The Hall–Kier alpha value is -0.870. The van der Waals surface area contributed by atoms with E-state index in [2.05, 4.69) is 11.8 Å². The Labute approximate surface area is 113 Å². The molecule has 2 heterocycles. The Morgan fingerprint density at radius 3 is 3.17 bits per heavy atom. The van der Waals surface area contributed by atoms with Crippen LogP contribution in [0.25, 0.3) is 0 Å². The van der Waals surface area contributed by atoms with Gasteiger partial charge in [-0.15, -0.1) is 11.3 Å². The van der Waals surface area contributed by atoms with E-state index >= 15 is 0 Å². The predicted octanol–water partition coefficient (Wildman–Crippen LogP) is 3.17. The minimum atomic E-state index is -0.184. The number of thiophene rings is 1. The maximum Gasteiger partial charge on any atom is 0.348 e. The van der Waals surface area contributed by atoms with E-state index < -0.39 is 0 Å². The molecule has 0 aliphatic carbocycles. The van der Waals surface area contributed by atoms with Gasteiger partial charge in [0.05, 0.1) is 6.61 Å². The largest absolute Gasteiger partial charge is 0.461 e. The van der Waals surface area contributed by atoms with E-state index in [9.17, 15) is 4.79 Å². The van der Waals surface area contributed by atoms with Gasteiger partial charge < -0.3 is 9.64 Å². The average molecular weight is 267 g/mol. The summed E-state index contributed by atoms with van der Waals surface area (Å²) in [4.78, 5) is 14.8. The van der Waals surface area contributed by atoms with Crippen molar-refractivity contribution in [3.63, 3.8) is 0 Å². The quantitative estimate of drug-likeness (QED) is 0.606. The summed E-state index contributed by atoms with van der Waals surface area (Å²) in [5.41, 5.74) is 0. The van der Waals surface area contributed by atoms with Crippen molar-refractivity contribution in [3.05, 3.63) is 22.4 Å². The fraction of sp³-hybridized carbons (Fsp3) is 0.643. The number of nitrogens with zero attached hydrogens (tertiary/aromatic N) is 1. The minimum absolute atomic E-state index is 0.184. The molecule has 4 heteroatoms. The average Bonchev–Trinajstić information content (AvgIpc) is 2.90. The Morgan fingerprint density at radius 1 is 1.56 bits per heavy atom. The summed E-state index contributed by atoms with van der Waals surface area (Å²) in [6.45, 7) is 5.05. The van der Waals surface area contributed by atoms with Crippen LogP contribution in [0, 0.1) is 0 Å². The molecule has 1 atom stereocenters. The summed E-state index contributed by atoms with van der Waals surface area (Å²) in [6, 6.07) is 4.36. The van der Waals surface area contributed by atoms with Gasteiger partial charge in [0.15, 0.2) is 0 Å². The van der Waals surface area contributed by atoms with Crippen LogP contribution in [0.3, 0.4) is 0 Å². The van der Waals surface area contributed by atoms with Crippen molar-refractivity contribution >= 4 is 17.3 Å². The highest BCUT2D eigenvalue weighted by molar-refractivity contribution is 7.11. The number of rotatable bonds is 5. The molecule has 18 heavy (non-hydrogen) atoms. The molecular formula is C14H21NO2S.